The summed E-state index contributed by atoms with van der Waals surface area (Å²) in [6.45, 7) is 3.27. The smallest absolute Gasteiger partial charge is 0.0521 e. The van der Waals surface area contributed by atoms with Crippen molar-refractivity contribution in [2.45, 2.75) is 38.6 Å². The minimum atomic E-state index is 0.636. The zero-order valence-corrected chi connectivity index (χ0v) is 13.0. The Morgan fingerprint density at radius 2 is 2.10 bits per heavy atom. The maximum absolute atomic E-state index is 4.29. The fraction of sp³-hybridized carbons (Fsp3) is 0.500. The molecule has 3 rings (SSSR count). The highest BCUT2D eigenvalue weighted by molar-refractivity contribution is 5.23. The zero-order valence-electron chi connectivity index (χ0n) is 13.0. The molecule has 1 aromatic carbocycles. The third-order valence-electron chi connectivity index (χ3n) is 4.16. The van der Waals surface area contributed by atoms with Crippen molar-refractivity contribution in [3.05, 3.63) is 53.3 Å². The Bertz CT molecular complexity index is 584. The van der Waals surface area contributed by atoms with Gasteiger partial charge >= 0.3 is 0 Å². The molecule has 1 heterocycles. The maximum atomic E-state index is 4.29. The molecule has 0 saturated heterocycles. The third kappa shape index (κ3) is 4.43. The van der Waals surface area contributed by atoms with Crippen molar-refractivity contribution in [3.8, 4) is 0 Å². The normalized spacial score (nSPS) is 16.1. The molecule has 1 N–H and O–H groups in total. The molecular formula is C18H25N3. The minimum Gasteiger partial charge on any atom is -0.314 e. The van der Waals surface area contributed by atoms with Crippen molar-refractivity contribution in [1.82, 2.24) is 15.1 Å². The van der Waals surface area contributed by atoms with Crippen molar-refractivity contribution in [1.29, 1.82) is 0 Å². The highest BCUT2D eigenvalue weighted by Crippen LogP contribution is 2.21. The molecule has 1 aromatic heterocycles. The second-order valence-electron chi connectivity index (χ2n) is 6.47. The summed E-state index contributed by atoms with van der Waals surface area (Å²) >= 11 is 0. The van der Waals surface area contributed by atoms with Gasteiger partial charge in [0.05, 0.1) is 6.20 Å². The first-order chi connectivity index (χ1) is 10.2. The van der Waals surface area contributed by atoms with Crippen LogP contribution in [0.1, 0.15) is 29.5 Å². The predicted octanol–water partition coefficient (Wildman–Crippen LogP) is 2.88. The van der Waals surface area contributed by atoms with Gasteiger partial charge in [0.1, 0.15) is 0 Å². The van der Waals surface area contributed by atoms with E-state index in [-0.39, 0.29) is 0 Å². The monoisotopic (exact) mass is 283 g/mol. The standard InChI is InChI=1S/C18H25N3/c1-14-4-3-5-15(8-14)9-16(11-19-18-6-7-18)10-17-12-20-21(2)13-17/h3-5,8,12-13,16,18-19H,6-7,9-11H2,1-2H3. The molecule has 1 saturated carbocycles. The Balaban J connectivity index is 1.65. The zero-order chi connectivity index (χ0) is 14.7. The maximum Gasteiger partial charge on any atom is 0.0521 e. The van der Waals surface area contributed by atoms with E-state index in [4.69, 9.17) is 0 Å². The molecule has 1 fully saturated rings. The number of nitrogens with zero attached hydrogens (tertiary/aromatic N) is 2. The van der Waals surface area contributed by atoms with Crippen LogP contribution in [0.5, 0.6) is 0 Å². The molecule has 21 heavy (non-hydrogen) atoms. The topological polar surface area (TPSA) is 29.9 Å². The van der Waals surface area contributed by atoms with E-state index in [9.17, 15) is 0 Å². The fourth-order valence-electron chi connectivity index (χ4n) is 2.92. The molecule has 2 aromatic rings. The third-order valence-corrected chi connectivity index (χ3v) is 4.16. The van der Waals surface area contributed by atoms with Crippen molar-refractivity contribution in [2.75, 3.05) is 6.54 Å². The lowest BCUT2D eigenvalue weighted by molar-refractivity contribution is 0.469. The molecule has 0 aliphatic heterocycles. The summed E-state index contributed by atoms with van der Waals surface area (Å²) in [5.74, 6) is 0.636. The number of nitrogens with one attached hydrogen (secondary N) is 1. The Morgan fingerprint density at radius 3 is 2.76 bits per heavy atom. The second kappa shape index (κ2) is 6.44. The van der Waals surface area contributed by atoms with Gasteiger partial charge in [0.15, 0.2) is 0 Å². The van der Waals surface area contributed by atoms with E-state index in [1.54, 1.807) is 0 Å². The molecule has 1 aliphatic rings. The Hall–Kier alpha value is -1.61. The van der Waals surface area contributed by atoms with Crippen LogP contribution in [0.3, 0.4) is 0 Å². The molecule has 3 heteroatoms. The average Bonchev–Trinajstić information content (AvgIpc) is 3.19. The van der Waals surface area contributed by atoms with Crippen LogP contribution in [0.15, 0.2) is 36.7 Å². The van der Waals surface area contributed by atoms with Gasteiger partial charge in [-0.2, -0.15) is 5.10 Å². The van der Waals surface area contributed by atoms with Crippen LogP contribution in [-0.2, 0) is 19.9 Å². The summed E-state index contributed by atoms with van der Waals surface area (Å²) in [4.78, 5) is 0. The molecule has 1 atom stereocenters. The van der Waals surface area contributed by atoms with Crippen LogP contribution in [0.2, 0.25) is 0 Å². The number of benzene rings is 1. The number of aryl methyl sites for hydroxylation is 2. The van der Waals surface area contributed by atoms with Crippen LogP contribution < -0.4 is 5.32 Å². The Morgan fingerprint density at radius 1 is 1.29 bits per heavy atom. The molecule has 0 bridgehead atoms. The second-order valence-corrected chi connectivity index (χ2v) is 6.47. The van der Waals surface area contributed by atoms with Crippen LogP contribution in [0, 0.1) is 12.8 Å². The van der Waals surface area contributed by atoms with E-state index in [0.29, 0.717) is 5.92 Å². The van der Waals surface area contributed by atoms with Gasteiger partial charge in [-0.3, -0.25) is 4.68 Å². The van der Waals surface area contributed by atoms with Crippen molar-refractivity contribution >= 4 is 0 Å². The number of hydrogen-bond acceptors (Lipinski definition) is 2. The first-order valence-electron chi connectivity index (χ1n) is 7.95. The number of aromatic nitrogens is 2. The first-order valence-corrected chi connectivity index (χ1v) is 7.95. The average molecular weight is 283 g/mol. The van der Waals surface area contributed by atoms with E-state index < -0.39 is 0 Å². The molecule has 1 aliphatic carbocycles. The van der Waals surface area contributed by atoms with Crippen molar-refractivity contribution < 1.29 is 0 Å². The summed E-state index contributed by atoms with van der Waals surface area (Å²) < 4.78 is 1.90. The van der Waals surface area contributed by atoms with Crippen molar-refractivity contribution in [2.24, 2.45) is 13.0 Å². The quantitative estimate of drug-likeness (QED) is 0.847. The minimum absolute atomic E-state index is 0.636. The SMILES string of the molecule is Cc1cccc(CC(CNC2CC2)Cc2cnn(C)c2)c1. The molecular weight excluding hydrogens is 258 g/mol. The van der Waals surface area contributed by atoms with Gasteiger partial charge in [-0.05, 0) is 56.2 Å². The molecule has 0 spiro atoms. The fourth-order valence-corrected chi connectivity index (χ4v) is 2.92. The Labute approximate surface area is 127 Å². The summed E-state index contributed by atoms with van der Waals surface area (Å²) in [5, 5.41) is 7.99. The van der Waals surface area contributed by atoms with Crippen LogP contribution in [0.25, 0.3) is 0 Å². The van der Waals surface area contributed by atoms with Crippen LogP contribution in [0.4, 0.5) is 0 Å². The van der Waals surface area contributed by atoms with Gasteiger partial charge in [-0.1, -0.05) is 29.8 Å². The van der Waals surface area contributed by atoms with E-state index in [2.05, 4.69) is 47.8 Å². The molecule has 3 nitrogen and oxygen atoms in total. The van der Waals surface area contributed by atoms with Crippen molar-refractivity contribution in [3.63, 3.8) is 0 Å². The molecule has 0 amide bonds. The van der Waals surface area contributed by atoms with E-state index in [0.717, 1.165) is 25.4 Å². The summed E-state index contributed by atoms with van der Waals surface area (Å²) in [7, 11) is 1.99. The molecule has 112 valence electrons. The van der Waals surface area contributed by atoms with E-state index in [1.807, 2.05) is 17.9 Å². The lowest BCUT2D eigenvalue weighted by atomic mass is 9.93. The van der Waals surface area contributed by atoms with Gasteiger partial charge in [-0.25, -0.2) is 0 Å². The van der Waals surface area contributed by atoms with Gasteiger partial charge in [-0.15, -0.1) is 0 Å². The van der Waals surface area contributed by atoms with Gasteiger partial charge in [0, 0.05) is 19.3 Å². The summed E-state index contributed by atoms with van der Waals surface area (Å²) in [6, 6.07) is 9.68. The first kappa shape index (κ1) is 14.3. The molecule has 0 radical (unpaired) electrons. The number of hydrogen-bond donors (Lipinski definition) is 1. The van der Waals surface area contributed by atoms with E-state index >= 15 is 0 Å². The Kier molecular flexibility index (Phi) is 4.39. The number of rotatable bonds is 7. The van der Waals surface area contributed by atoms with E-state index in [1.165, 1.54) is 29.5 Å². The van der Waals surface area contributed by atoms with Gasteiger partial charge < -0.3 is 5.32 Å². The van der Waals surface area contributed by atoms with Gasteiger partial charge in [0.2, 0.25) is 0 Å². The summed E-state index contributed by atoms with van der Waals surface area (Å²) in [5.41, 5.74) is 4.14. The van der Waals surface area contributed by atoms with Gasteiger partial charge in [0.25, 0.3) is 0 Å². The summed E-state index contributed by atoms with van der Waals surface area (Å²) in [6.07, 6.45) is 9.08. The van der Waals surface area contributed by atoms with Crippen LogP contribution >= 0.6 is 0 Å². The lowest BCUT2D eigenvalue weighted by Crippen LogP contribution is -2.27. The lowest BCUT2D eigenvalue weighted by Gasteiger charge is -2.17. The van der Waals surface area contributed by atoms with Crippen LogP contribution in [-0.4, -0.2) is 22.4 Å². The predicted molar refractivity (Wildman–Crippen MR) is 86.3 cm³/mol. The highest BCUT2D eigenvalue weighted by Gasteiger charge is 2.22. The largest absolute Gasteiger partial charge is 0.314 e. The molecule has 1 unspecified atom stereocenters. The highest BCUT2D eigenvalue weighted by atomic mass is 15.2.